The highest BCUT2D eigenvalue weighted by Crippen LogP contribution is 2.36. The molecule has 2 aliphatic rings. The van der Waals surface area contributed by atoms with E-state index in [0.717, 1.165) is 34.6 Å². The van der Waals surface area contributed by atoms with Crippen LogP contribution in [0.1, 0.15) is 36.0 Å². The van der Waals surface area contributed by atoms with E-state index in [1.807, 2.05) is 43.3 Å². The molecule has 0 bridgehead atoms. The molecule has 7 heteroatoms. The number of benzene rings is 1. The van der Waals surface area contributed by atoms with E-state index in [0.29, 0.717) is 45.8 Å². The number of rotatable bonds is 6. The topological polar surface area (TPSA) is 63.9 Å². The van der Waals surface area contributed by atoms with Gasteiger partial charge in [0.25, 0.3) is 0 Å². The molecule has 0 spiro atoms. The maximum absolute atomic E-state index is 13.6. The van der Waals surface area contributed by atoms with Crippen molar-refractivity contribution in [1.29, 1.82) is 0 Å². The third-order valence-corrected chi connectivity index (χ3v) is 6.74. The summed E-state index contributed by atoms with van der Waals surface area (Å²) in [6, 6.07) is 12.1. The van der Waals surface area contributed by atoms with Crippen molar-refractivity contribution in [2.45, 2.75) is 31.2 Å². The average Bonchev–Trinajstić information content (AvgIpc) is 3.21. The van der Waals surface area contributed by atoms with Crippen LogP contribution in [0.15, 0.2) is 45.3 Å². The molecule has 1 atom stereocenters. The molecule has 162 valence electrons. The van der Waals surface area contributed by atoms with Crippen molar-refractivity contribution in [3.63, 3.8) is 0 Å². The van der Waals surface area contributed by atoms with Crippen molar-refractivity contribution >= 4 is 21.8 Å². The van der Waals surface area contributed by atoms with Crippen LogP contribution in [-0.4, -0.2) is 56.9 Å². The van der Waals surface area contributed by atoms with Gasteiger partial charge in [0, 0.05) is 37.3 Å². The van der Waals surface area contributed by atoms with Crippen LogP contribution >= 0.6 is 15.9 Å². The second-order valence-corrected chi connectivity index (χ2v) is 8.94. The van der Waals surface area contributed by atoms with E-state index in [9.17, 15) is 4.79 Å². The summed E-state index contributed by atoms with van der Waals surface area (Å²) in [7, 11) is 0. The van der Waals surface area contributed by atoms with Crippen molar-refractivity contribution < 1.29 is 18.7 Å². The molecule has 2 aliphatic heterocycles. The van der Waals surface area contributed by atoms with Crippen molar-refractivity contribution in [3.05, 3.63) is 58.0 Å². The van der Waals surface area contributed by atoms with Gasteiger partial charge in [0.15, 0.2) is 0 Å². The fourth-order valence-corrected chi connectivity index (χ4v) is 4.69. The van der Waals surface area contributed by atoms with Gasteiger partial charge in [0.05, 0.1) is 24.7 Å². The lowest BCUT2D eigenvalue weighted by Crippen LogP contribution is -2.51. The van der Waals surface area contributed by atoms with Gasteiger partial charge in [0.2, 0.25) is 5.91 Å². The van der Waals surface area contributed by atoms with E-state index >= 15 is 0 Å². The Balaban J connectivity index is 1.53. The molecule has 1 unspecified atom stereocenters. The predicted molar refractivity (Wildman–Crippen MR) is 117 cm³/mol. The Morgan fingerprint density at radius 3 is 2.37 bits per heavy atom. The Morgan fingerprint density at radius 2 is 1.73 bits per heavy atom. The summed E-state index contributed by atoms with van der Waals surface area (Å²) >= 11 is 3.49. The number of nitrogens with zero attached hydrogens (tertiary/aromatic N) is 1. The summed E-state index contributed by atoms with van der Waals surface area (Å²) in [4.78, 5) is 15.9. The van der Waals surface area contributed by atoms with Gasteiger partial charge >= 0.3 is 0 Å². The lowest BCUT2D eigenvalue weighted by molar-refractivity contribution is -0.130. The fraction of sp³-hybridized carbons (Fsp3) is 0.522. The quantitative estimate of drug-likeness (QED) is 0.689. The molecule has 0 radical (unpaired) electrons. The molecule has 0 aliphatic carbocycles. The SMILES string of the molecule is Cc1ccc(C(CNC(=O)C2(c3ccc(Br)cc3)CCOCC2)N2CCOCC2)o1. The molecule has 1 amide bonds. The number of hydrogen-bond donors (Lipinski definition) is 1. The summed E-state index contributed by atoms with van der Waals surface area (Å²) < 4.78 is 18.1. The third kappa shape index (κ3) is 4.64. The molecule has 0 saturated carbocycles. The van der Waals surface area contributed by atoms with Crippen molar-refractivity contribution in [3.8, 4) is 0 Å². The maximum atomic E-state index is 13.6. The van der Waals surface area contributed by atoms with Gasteiger partial charge in [-0.3, -0.25) is 9.69 Å². The van der Waals surface area contributed by atoms with Crippen LogP contribution in [0.25, 0.3) is 0 Å². The van der Waals surface area contributed by atoms with Gasteiger partial charge in [-0.2, -0.15) is 0 Å². The van der Waals surface area contributed by atoms with Crippen LogP contribution in [0.3, 0.4) is 0 Å². The van der Waals surface area contributed by atoms with Crippen molar-refractivity contribution in [2.75, 3.05) is 46.1 Å². The first-order chi connectivity index (χ1) is 14.6. The normalized spacial score (nSPS) is 20.6. The van der Waals surface area contributed by atoms with Gasteiger partial charge in [-0.25, -0.2) is 0 Å². The van der Waals surface area contributed by atoms with E-state index in [4.69, 9.17) is 13.9 Å². The molecule has 2 fully saturated rings. The summed E-state index contributed by atoms with van der Waals surface area (Å²) in [5.74, 6) is 1.83. The first kappa shape index (κ1) is 21.6. The van der Waals surface area contributed by atoms with Gasteiger partial charge < -0.3 is 19.2 Å². The zero-order valence-corrected chi connectivity index (χ0v) is 18.9. The first-order valence-electron chi connectivity index (χ1n) is 10.6. The van der Waals surface area contributed by atoms with E-state index < -0.39 is 5.41 Å². The Bertz CT molecular complexity index is 839. The monoisotopic (exact) mass is 476 g/mol. The minimum absolute atomic E-state index is 0.00615. The number of carbonyl (C=O) groups is 1. The molecule has 2 saturated heterocycles. The maximum Gasteiger partial charge on any atom is 0.230 e. The Morgan fingerprint density at radius 1 is 1.07 bits per heavy atom. The summed E-state index contributed by atoms with van der Waals surface area (Å²) in [6.45, 7) is 6.68. The van der Waals surface area contributed by atoms with Crippen LogP contribution in [0.5, 0.6) is 0 Å². The Hall–Kier alpha value is -1.67. The molecule has 6 nitrogen and oxygen atoms in total. The van der Waals surface area contributed by atoms with Crippen LogP contribution in [-0.2, 0) is 19.7 Å². The third-order valence-electron chi connectivity index (χ3n) is 6.21. The van der Waals surface area contributed by atoms with Gasteiger partial charge in [-0.1, -0.05) is 28.1 Å². The first-order valence-corrected chi connectivity index (χ1v) is 11.4. The number of halogens is 1. The second-order valence-electron chi connectivity index (χ2n) is 8.02. The molecule has 1 aromatic carbocycles. The van der Waals surface area contributed by atoms with Gasteiger partial charge in [-0.05, 0) is 49.6 Å². The van der Waals surface area contributed by atoms with E-state index in [1.54, 1.807) is 0 Å². The van der Waals surface area contributed by atoms with E-state index in [2.05, 4.69) is 26.1 Å². The number of amides is 1. The molecule has 1 aromatic heterocycles. The molecule has 1 N–H and O–H groups in total. The van der Waals surface area contributed by atoms with E-state index in [1.165, 1.54) is 0 Å². The van der Waals surface area contributed by atoms with Gasteiger partial charge in [-0.15, -0.1) is 0 Å². The van der Waals surface area contributed by atoms with E-state index in [-0.39, 0.29) is 11.9 Å². The highest BCUT2D eigenvalue weighted by atomic mass is 79.9. The number of carbonyl (C=O) groups excluding carboxylic acids is 1. The average molecular weight is 477 g/mol. The number of hydrogen-bond acceptors (Lipinski definition) is 5. The predicted octanol–water partition coefficient (Wildman–Crippen LogP) is 3.59. The lowest BCUT2D eigenvalue weighted by Gasteiger charge is -2.38. The number of nitrogens with one attached hydrogen (secondary N) is 1. The summed E-state index contributed by atoms with van der Waals surface area (Å²) in [5.41, 5.74) is 0.483. The highest BCUT2D eigenvalue weighted by Gasteiger charge is 2.42. The molecule has 2 aromatic rings. The molecular weight excluding hydrogens is 448 g/mol. The minimum Gasteiger partial charge on any atom is -0.465 e. The smallest absolute Gasteiger partial charge is 0.230 e. The number of aryl methyl sites for hydroxylation is 1. The van der Waals surface area contributed by atoms with Crippen LogP contribution < -0.4 is 5.32 Å². The second kappa shape index (κ2) is 9.64. The van der Waals surface area contributed by atoms with Crippen molar-refractivity contribution in [1.82, 2.24) is 10.2 Å². The van der Waals surface area contributed by atoms with Crippen molar-refractivity contribution in [2.24, 2.45) is 0 Å². The number of furan rings is 1. The zero-order chi connectivity index (χ0) is 21.0. The lowest BCUT2D eigenvalue weighted by atomic mass is 9.73. The Labute approximate surface area is 186 Å². The van der Waals surface area contributed by atoms with Gasteiger partial charge in [0.1, 0.15) is 11.5 Å². The molecule has 30 heavy (non-hydrogen) atoms. The van der Waals surface area contributed by atoms with Crippen LogP contribution in [0.2, 0.25) is 0 Å². The highest BCUT2D eigenvalue weighted by molar-refractivity contribution is 9.10. The Kier molecular flexibility index (Phi) is 6.93. The molecule has 3 heterocycles. The minimum atomic E-state index is -0.562. The largest absolute Gasteiger partial charge is 0.465 e. The molecule has 4 rings (SSSR count). The zero-order valence-electron chi connectivity index (χ0n) is 17.4. The molecular formula is C23H29BrN2O4. The summed E-state index contributed by atoms with van der Waals surface area (Å²) in [6.07, 6.45) is 1.37. The summed E-state index contributed by atoms with van der Waals surface area (Å²) in [5, 5.41) is 3.26. The van der Waals surface area contributed by atoms with Crippen LogP contribution in [0.4, 0.5) is 0 Å². The standard InChI is InChI=1S/C23H29BrN2O4/c1-17-2-7-21(30-17)20(26-10-14-29-15-11-26)16-25-22(27)23(8-12-28-13-9-23)18-3-5-19(24)6-4-18/h2-7,20H,8-16H2,1H3,(H,25,27). The number of ether oxygens (including phenoxy) is 2. The fourth-order valence-electron chi connectivity index (χ4n) is 4.43. The number of morpholine rings is 1. The van der Waals surface area contributed by atoms with Crippen LogP contribution in [0, 0.1) is 6.92 Å².